The van der Waals surface area contributed by atoms with E-state index in [9.17, 15) is 14.9 Å². The first kappa shape index (κ1) is 16.4. The minimum Gasteiger partial charge on any atom is -0.365 e. The van der Waals surface area contributed by atoms with E-state index in [-0.39, 0.29) is 23.1 Å². The number of benzene rings is 1. The number of nitrogens with zero attached hydrogens (tertiary/aromatic N) is 2. The van der Waals surface area contributed by atoms with E-state index in [0.717, 1.165) is 16.5 Å². The number of fused-ring (bicyclic) bond motifs is 1. The first-order chi connectivity index (χ1) is 12.6. The standard InChI is InChI=1S/C19H16N4O2S/c1-11-4-5-13-15(7-11)22-18(24)14(8-20)17(13)23-9-12(10-23)21-19(25)16-3-2-6-26-16/h2-7,12H,9-10H2,1H3,(H,21,25)(H,22,24). The fourth-order valence-corrected chi connectivity index (χ4v) is 3.87. The molecule has 0 atom stereocenters. The molecule has 26 heavy (non-hydrogen) atoms. The summed E-state index contributed by atoms with van der Waals surface area (Å²) in [5, 5.41) is 15.2. The van der Waals surface area contributed by atoms with Crippen LogP contribution < -0.4 is 15.8 Å². The molecule has 0 bridgehead atoms. The highest BCUT2D eigenvalue weighted by atomic mass is 32.1. The first-order valence-corrected chi connectivity index (χ1v) is 9.11. The lowest BCUT2D eigenvalue weighted by molar-refractivity contribution is 0.0934. The predicted molar refractivity (Wildman–Crippen MR) is 102 cm³/mol. The first-order valence-electron chi connectivity index (χ1n) is 8.23. The van der Waals surface area contributed by atoms with Crippen LogP contribution in [-0.2, 0) is 0 Å². The van der Waals surface area contributed by atoms with Gasteiger partial charge in [0.2, 0.25) is 0 Å². The Morgan fingerprint density at radius 3 is 2.88 bits per heavy atom. The van der Waals surface area contributed by atoms with Crippen molar-refractivity contribution in [1.82, 2.24) is 10.3 Å². The summed E-state index contributed by atoms with van der Waals surface area (Å²) in [6.07, 6.45) is 0. The maximum absolute atomic E-state index is 12.3. The van der Waals surface area contributed by atoms with Crippen molar-refractivity contribution in [1.29, 1.82) is 5.26 Å². The summed E-state index contributed by atoms with van der Waals surface area (Å²) in [7, 11) is 0. The van der Waals surface area contributed by atoms with Crippen LogP contribution in [0.25, 0.3) is 10.9 Å². The summed E-state index contributed by atoms with van der Waals surface area (Å²) in [5.74, 6) is -0.0865. The Bertz CT molecular complexity index is 1090. The van der Waals surface area contributed by atoms with E-state index in [1.807, 2.05) is 47.5 Å². The van der Waals surface area contributed by atoms with Gasteiger partial charge in [0.15, 0.2) is 0 Å². The number of aromatic nitrogens is 1. The van der Waals surface area contributed by atoms with Crippen LogP contribution in [0.15, 0.2) is 40.5 Å². The fraction of sp³-hybridized carbons (Fsp3) is 0.211. The van der Waals surface area contributed by atoms with Crippen LogP contribution in [0.4, 0.5) is 5.69 Å². The van der Waals surface area contributed by atoms with Crippen LogP contribution in [0.3, 0.4) is 0 Å². The molecule has 1 fully saturated rings. The SMILES string of the molecule is Cc1ccc2c(N3CC(NC(=O)c4cccs4)C3)c(C#N)c(=O)[nH]c2c1. The zero-order chi connectivity index (χ0) is 18.3. The maximum atomic E-state index is 12.3. The molecular weight excluding hydrogens is 348 g/mol. The number of anilines is 1. The van der Waals surface area contributed by atoms with E-state index in [2.05, 4.69) is 10.3 Å². The van der Waals surface area contributed by atoms with Crippen molar-refractivity contribution < 1.29 is 4.79 Å². The van der Waals surface area contributed by atoms with Crippen molar-refractivity contribution >= 4 is 33.8 Å². The van der Waals surface area contributed by atoms with Gasteiger partial charge in [0.25, 0.3) is 11.5 Å². The maximum Gasteiger partial charge on any atom is 0.268 e. The molecule has 1 aliphatic heterocycles. The Hall–Kier alpha value is -3.11. The van der Waals surface area contributed by atoms with Crippen LogP contribution in [0.2, 0.25) is 0 Å². The molecule has 0 spiro atoms. The zero-order valence-electron chi connectivity index (χ0n) is 14.1. The van der Waals surface area contributed by atoms with E-state index >= 15 is 0 Å². The highest BCUT2D eigenvalue weighted by Gasteiger charge is 2.32. The normalized spacial score (nSPS) is 14.1. The van der Waals surface area contributed by atoms with E-state index < -0.39 is 0 Å². The number of carbonyl (C=O) groups excluding carboxylic acids is 1. The molecule has 6 nitrogen and oxygen atoms in total. The number of nitrogens with one attached hydrogen (secondary N) is 2. The van der Waals surface area contributed by atoms with Crippen LogP contribution >= 0.6 is 11.3 Å². The molecule has 3 aromatic rings. The van der Waals surface area contributed by atoms with Gasteiger partial charge >= 0.3 is 0 Å². The summed E-state index contributed by atoms with van der Waals surface area (Å²) in [6, 6.07) is 11.4. The largest absolute Gasteiger partial charge is 0.365 e. The van der Waals surface area contributed by atoms with Gasteiger partial charge in [-0.15, -0.1) is 11.3 Å². The summed E-state index contributed by atoms with van der Waals surface area (Å²) >= 11 is 1.40. The number of pyridine rings is 1. The average molecular weight is 364 g/mol. The molecule has 0 saturated carbocycles. The molecule has 1 aromatic carbocycles. The minimum atomic E-state index is -0.383. The number of thiophene rings is 1. The number of aromatic amines is 1. The van der Waals surface area contributed by atoms with E-state index in [0.29, 0.717) is 23.7 Å². The Balaban J connectivity index is 1.61. The summed E-state index contributed by atoms with van der Waals surface area (Å²) < 4.78 is 0. The van der Waals surface area contributed by atoms with Gasteiger partial charge in [-0.25, -0.2) is 0 Å². The van der Waals surface area contributed by atoms with Gasteiger partial charge in [-0.1, -0.05) is 18.2 Å². The number of nitriles is 1. The van der Waals surface area contributed by atoms with Crippen molar-refractivity contribution in [3.63, 3.8) is 0 Å². The van der Waals surface area contributed by atoms with Crippen molar-refractivity contribution in [2.45, 2.75) is 13.0 Å². The summed E-state index contributed by atoms with van der Waals surface area (Å²) in [5.41, 5.74) is 2.13. The van der Waals surface area contributed by atoms with Crippen LogP contribution in [-0.4, -0.2) is 30.0 Å². The Morgan fingerprint density at radius 1 is 1.38 bits per heavy atom. The van der Waals surface area contributed by atoms with Crippen LogP contribution in [0.5, 0.6) is 0 Å². The fourth-order valence-electron chi connectivity index (χ4n) is 3.24. The monoisotopic (exact) mass is 364 g/mol. The predicted octanol–water partition coefficient (Wildman–Crippen LogP) is 2.39. The Morgan fingerprint density at radius 2 is 2.19 bits per heavy atom. The molecule has 3 heterocycles. The number of rotatable bonds is 3. The molecule has 1 aliphatic rings. The highest BCUT2D eigenvalue weighted by Crippen LogP contribution is 2.31. The molecule has 2 aromatic heterocycles. The third-order valence-corrected chi connectivity index (χ3v) is 5.40. The van der Waals surface area contributed by atoms with Crippen molar-refractivity contribution in [3.8, 4) is 6.07 Å². The molecule has 2 N–H and O–H groups in total. The molecule has 1 saturated heterocycles. The summed E-state index contributed by atoms with van der Waals surface area (Å²) in [4.78, 5) is 29.9. The van der Waals surface area contributed by atoms with E-state index in [1.54, 1.807) is 6.07 Å². The lowest BCUT2D eigenvalue weighted by atomic mass is 10.0. The number of hydrogen-bond acceptors (Lipinski definition) is 5. The highest BCUT2D eigenvalue weighted by molar-refractivity contribution is 7.12. The van der Waals surface area contributed by atoms with Crippen molar-refractivity contribution in [3.05, 3.63) is 62.1 Å². The molecule has 4 rings (SSSR count). The van der Waals surface area contributed by atoms with Gasteiger partial charge in [0.05, 0.1) is 22.1 Å². The minimum absolute atomic E-state index is 0.00377. The topological polar surface area (TPSA) is 89.0 Å². The van der Waals surface area contributed by atoms with E-state index in [4.69, 9.17) is 0 Å². The Labute approximate surface area is 153 Å². The van der Waals surface area contributed by atoms with Crippen molar-refractivity contribution in [2.75, 3.05) is 18.0 Å². The molecule has 7 heteroatoms. The molecule has 130 valence electrons. The summed E-state index contributed by atoms with van der Waals surface area (Å²) in [6.45, 7) is 3.09. The third-order valence-electron chi connectivity index (χ3n) is 4.53. The number of amides is 1. The third kappa shape index (κ3) is 2.74. The van der Waals surface area contributed by atoms with Gasteiger partial charge in [-0.2, -0.15) is 5.26 Å². The second-order valence-corrected chi connectivity index (χ2v) is 7.34. The smallest absolute Gasteiger partial charge is 0.268 e. The zero-order valence-corrected chi connectivity index (χ0v) is 14.9. The lowest BCUT2D eigenvalue weighted by Gasteiger charge is -2.41. The van der Waals surface area contributed by atoms with Crippen molar-refractivity contribution in [2.24, 2.45) is 0 Å². The number of carbonyl (C=O) groups is 1. The molecule has 0 radical (unpaired) electrons. The Kier molecular flexibility index (Phi) is 3.98. The number of aryl methyl sites for hydroxylation is 1. The molecule has 0 aliphatic carbocycles. The lowest BCUT2D eigenvalue weighted by Crippen LogP contribution is -2.59. The van der Waals surface area contributed by atoms with Gasteiger partial charge in [0.1, 0.15) is 11.6 Å². The van der Waals surface area contributed by atoms with Crippen LogP contribution in [0.1, 0.15) is 20.8 Å². The molecule has 0 unspecified atom stereocenters. The second-order valence-electron chi connectivity index (χ2n) is 6.39. The van der Waals surface area contributed by atoms with Gasteiger partial charge in [-0.3, -0.25) is 9.59 Å². The number of H-pyrrole nitrogens is 1. The second kappa shape index (κ2) is 6.32. The quantitative estimate of drug-likeness (QED) is 0.747. The van der Waals surface area contributed by atoms with Gasteiger partial charge in [0, 0.05) is 18.5 Å². The van der Waals surface area contributed by atoms with Gasteiger partial charge in [-0.05, 0) is 30.0 Å². The van der Waals surface area contributed by atoms with E-state index in [1.165, 1.54) is 11.3 Å². The molecule has 1 amide bonds. The van der Waals surface area contributed by atoms with Gasteiger partial charge < -0.3 is 15.2 Å². The average Bonchev–Trinajstić information content (AvgIpc) is 3.11. The number of hydrogen-bond donors (Lipinski definition) is 2. The molecular formula is C19H16N4O2S. The van der Waals surface area contributed by atoms with Crippen LogP contribution in [0, 0.1) is 18.3 Å².